The molecule has 0 bridgehead atoms. The summed E-state index contributed by atoms with van der Waals surface area (Å²) in [6.45, 7) is 2.78. The van der Waals surface area contributed by atoms with E-state index in [-0.39, 0.29) is 11.7 Å². The molecule has 1 aromatic rings. The van der Waals surface area contributed by atoms with Crippen molar-refractivity contribution in [3.05, 3.63) is 34.3 Å². The van der Waals surface area contributed by atoms with E-state index in [1.165, 1.54) is 18.4 Å². The van der Waals surface area contributed by atoms with Gasteiger partial charge in [-0.3, -0.25) is 0 Å². The number of hydrogen-bond acceptors (Lipinski definition) is 3. The first kappa shape index (κ1) is 17.0. The summed E-state index contributed by atoms with van der Waals surface area (Å²) in [5.41, 5.74) is 1.21. The van der Waals surface area contributed by atoms with Crippen molar-refractivity contribution < 1.29 is 8.42 Å². The van der Waals surface area contributed by atoms with E-state index in [0.717, 1.165) is 11.0 Å². The van der Waals surface area contributed by atoms with E-state index in [1.54, 1.807) is 0 Å². The van der Waals surface area contributed by atoms with E-state index < -0.39 is 9.84 Å². The molecule has 1 aromatic carbocycles. The monoisotopic (exact) mass is 373 g/mol. The van der Waals surface area contributed by atoms with Gasteiger partial charge >= 0.3 is 0 Å². The molecule has 5 heteroatoms. The third-order valence-corrected chi connectivity index (χ3v) is 6.22. The first-order valence-electron chi connectivity index (χ1n) is 7.69. The van der Waals surface area contributed by atoms with Crippen molar-refractivity contribution in [3.63, 3.8) is 0 Å². The first-order valence-corrected chi connectivity index (χ1v) is 10.3. The fourth-order valence-corrected chi connectivity index (χ4v) is 4.37. The van der Waals surface area contributed by atoms with E-state index in [4.69, 9.17) is 0 Å². The standard InChI is InChI=1S/C16H24BrNO2S/c1-2-9-21(19,20)10-8-14(12-18-16-6-7-16)13-4-3-5-15(17)11-13/h3-5,11,14,16,18H,2,6-10,12H2,1H3. The lowest BCUT2D eigenvalue weighted by Gasteiger charge is -2.18. The van der Waals surface area contributed by atoms with Gasteiger partial charge in [0.1, 0.15) is 9.84 Å². The van der Waals surface area contributed by atoms with Gasteiger partial charge < -0.3 is 5.32 Å². The van der Waals surface area contributed by atoms with Crippen molar-refractivity contribution in [2.24, 2.45) is 0 Å². The molecule has 1 fully saturated rings. The lowest BCUT2D eigenvalue weighted by atomic mass is 9.96. The summed E-state index contributed by atoms with van der Waals surface area (Å²) in [6.07, 6.45) is 3.89. The molecule has 118 valence electrons. The van der Waals surface area contributed by atoms with Crippen molar-refractivity contribution in [3.8, 4) is 0 Å². The van der Waals surface area contributed by atoms with Gasteiger partial charge in [0.2, 0.25) is 0 Å². The molecule has 0 spiro atoms. The van der Waals surface area contributed by atoms with Gasteiger partial charge in [-0.1, -0.05) is 35.0 Å². The quantitative estimate of drug-likeness (QED) is 0.720. The van der Waals surface area contributed by atoms with E-state index in [9.17, 15) is 8.42 Å². The van der Waals surface area contributed by atoms with Gasteiger partial charge in [0.25, 0.3) is 0 Å². The summed E-state index contributed by atoms with van der Waals surface area (Å²) in [4.78, 5) is 0. The summed E-state index contributed by atoms with van der Waals surface area (Å²) >= 11 is 3.50. The van der Waals surface area contributed by atoms with Crippen LogP contribution in [-0.2, 0) is 9.84 Å². The van der Waals surface area contributed by atoms with Gasteiger partial charge in [0.05, 0.1) is 5.75 Å². The topological polar surface area (TPSA) is 46.2 Å². The van der Waals surface area contributed by atoms with Crippen molar-refractivity contribution in [1.29, 1.82) is 0 Å². The number of sulfone groups is 1. The Balaban J connectivity index is 2.00. The van der Waals surface area contributed by atoms with Gasteiger partial charge in [-0.15, -0.1) is 0 Å². The zero-order valence-corrected chi connectivity index (χ0v) is 14.9. The molecular formula is C16H24BrNO2S. The van der Waals surface area contributed by atoms with Crippen LogP contribution in [0.3, 0.4) is 0 Å². The van der Waals surface area contributed by atoms with Crippen LogP contribution in [0.1, 0.15) is 44.1 Å². The summed E-state index contributed by atoms with van der Waals surface area (Å²) in [7, 11) is -2.91. The van der Waals surface area contributed by atoms with Crippen LogP contribution in [0.4, 0.5) is 0 Å². The van der Waals surface area contributed by atoms with Crippen LogP contribution in [0.15, 0.2) is 28.7 Å². The van der Waals surface area contributed by atoms with Crippen LogP contribution in [0.2, 0.25) is 0 Å². The number of hydrogen-bond donors (Lipinski definition) is 1. The Labute approximate surface area is 136 Å². The predicted molar refractivity (Wildman–Crippen MR) is 91.5 cm³/mol. The molecule has 0 radical (unpaired) electrons. The average molecular weight is 374 g/mol. The second-order valence-electron chi connectivity index (χ2n) is 5.87. The van der Waals surface area contributed by atoms with Gasteiger partial charge in [0.15, 0.2) is 0 Å². The molecule has 2 rings (SSSR count). The molecule has 0 heterocycles. The molecule has 0 saturated heterocycles. The molecule has 1 saturated carbocycles. The fraction of sp³-hybridized carbons (Fsp3) is 0.625. The zero-order valence-electron chi connectivity index (χ0n) is 12.5. The molecule has 1 atom stereocenters. The third-order valence-electron chi connectivity index (χ3n) is 3.84. The summed E-state index contributed by atoms with van der Waals surface area (Å²) in [6, 6.07) is 8.86. The lowest BCUT2D eigenvalue weighted by Crippen LogP contribution is -2.25. The maximum absolute atomic E-state index is 12.0. The van der Waals surface area contributed by atoms with Gasteiger partial charge in [-0.25, -0.2) is 8.42 Å². The van der Waals surface area contributed by atoms with Crippen molar-refractivity contribution in [1.82, 2.24) is 5.32 Å². The van der Waals surface area contributed by atoms with Crippen LogP contribution in [0.25, 0.3) is 0 Å². The van der Waals surface area contributed by atoms with Crippen molar-refractivity contribution in [2.45, 2.75) is 44.6 Å². The Hall–Kier alpha value is -0.390. The first-order chi connectivity index (χ1) is 10.00. The average Bonchev–Trinajstić information content (AvgIpc) is 3.22. The van der Waals surface area contributed by atoms with Gasteiger partial charge in [-0.05, 0) is 49.3 Å². The highest BCUT2D eigenvalue weighted by Crippen LogP contribution is 2.25. The van der Waals surface area contributed by atoms with Crippen LogP contribution < -0.4 is 5.32 Å². The highest BCUT2D eigenvalue weighted by atomic mass is 79.9. The minimum atomic E-state index is -2.91. The molecule has 1 unspecified atom stereocenters. The lowest BCUT2D eigenvalue weighted by molar-refractivity contribution is 0.553. The SMILES string of the molecule is CCCS(=O)(=O)CCC(CNC1CC1)c1cccc(Br)c1. The normalized spacial score (nSPS) is 16.9. The molecular weight excluding hydrogens is 350 g/mol. The minimum absolute atomic E-state index is 0.259. The largest absolute Gasteiger partial charge is 0.313 e. The van der Waals surface area contributed by atoms with Crippen molar-refractivity contribution >= 4 is 25.8 Å². The second kappa shape index (κ2) is 7.75. The Kier molecular flexibility index (Phi) is 6.26. The molecule has 21 heavy (non-hydrogen) atoms. The molecule has 0 aliphatic heterocycles. The highest BCUT2D eigenvalue weighted by Gasteiger charge is 2.23. The number of rotatable bonds is 9. The molecule has 1 aliphatic carbocycles. The van der Waals surface area contributed by atoms with Crippen LogP contribution in [-0.4, -0.2) is 32.5 Å². The molecule has 3 nitrogen and oxygen atoms in total. The van der Waals surface area contributed by atoms with E-state index in [2.05, 4.69) is 33.4 Å². The van der Waals surface area contributed by atoms with Crippen molar-refractivity contribution in [2.75, 3.05) is 18.1 Å². The summed E-state index contributed by atoms with van der Waals surface area (Å²) < 4.78 is 25.0. The molecule has 1 N–H and O–H groups in total. The highest BCUT2D eigenvalue weighted by molar-refractivity contribution is 9.10. The van der Waals surface area contributed by atoms with Crippen LogP contribution >= 0.6 is 15.9 Å². The predicted octanol–water partition coefficient (Wildman–Crippen LogP) is 3.50. The maximum atomic E-state index is 12.0. The van der Waals surface area contributed by atoms with Crippen LogP contribution in [0.5, 0.6) is 0 Å². The van der Waals surface area contributed by atoms with Gasteiger partial charge in [-0.2, -0.15) is 0 Å². The fourth-order valence-electron chi connectivity index (χ4n) is 2.48. The van der Waals surface area contributed by atoms with Gasteiger partial charge in [0, 0.05) is 22.8 Å². The Morgan fingerprint density at radius 2 is 2.10 bits per heavy atom. The van der Waals surface area contributed by atoms with E-state index in [1.807, 2.05) is 19.1 Å². The smallest absolute Gasteiger partial charge is 0.150 e. The number of halogens is 1. The molecule has 0 amide bonds. The molecule has 1 aliphatic rings. The number of nitrogens with one attached hydrogen (secondary N) is 1. The van der Waals surface area contributed by atoms with Crippen LogP contribution in [0, 0.1) is 0 Å². The van der Waals surface area contributed by atoms with E-state index in [0.29, 0.717) is 24.6 Å². The Morgan fingerprint density at radius 1 is 1.33 bits per heavy atom. The minimum Gasteiger partial charge on any atom is -0.313 e. The second-order valence-corrected chi connectivity index (χ2v) is 9.09. The summed E-state index contributed by atoms with van der Waals surface area (Å²) in [5.74, 6) is 0.841. The maximum Gasteiger partial charge on any atom is 0.150 e. The number of benzene rings is 1. The summed E-state index contributed by atoms with van der Waals surface area (Å²) in [5, 5.41) is 3.53. The third kappa shape index (κ3) is 6.09. The Morgan fingerprint density at radius 3 is 2.71 bits per heavy atom. The van der Waals surface area contributed by atoms with E-state index >= 15 is 0 Å². The molecule has 0 aromatic heterocycles. The zero-order chi connectivity index (χ0) is 15.3. The Bertz CT molecular complexity index is 555.